The molecule has 1 heterocycles. The summed E-state index contributed by atoms with van der Waals surface area (Å²) in [5, 5.41) is 0. The number of hydrogen-bond donors (Lipinski definition) is 1. The molecule has 2 N–H and O–H groups in total. The summed E-state index contributed by atoms with van der Waals surface area (Å²) < 4.78 is 12.6. The maximum atomic E-state index is 12.8. The van der Waals surface area contributed by atoms with Crippen molar-refractivity contribution >= 4 is 11.9 Å². The lowest BCUT2D eigenvalue weighted by atomic mass is 10.2. The van der Waals surface area contributed by atoms with Gasteiger partial charge in [-0.05, 0) is 33.2 Å². The molecule has 0 aliphatic rings. The zero-order valence-corrected chi connectivity index (χ0v) is 18.8. The minimum Gasteiger partial charge on any atom is -0.460 e. The van der Waals surface area contributed by atoms with E-state index in [0.717, 1.165) is 33.0 Å². The van der Waals surface area contributed by atoms with Gasteiger partial charge in [-0.1, -0.05) is 26.0 Å². The van der Waals surface area contributed by atoms with E-state index in [0.29, 0.717) is 13.0 Å². The number of carbonyl (C=O) groups excluding carboxylic acids is 2. The van der Waals surface area contributed by atoms with Crippen molar-refractivity contribution in [3.8, 4) is 0 Å². The molecule has 11 nitrogen and oxygen atoms in total. The Balaban J connectivity index is 3.16. The van der Waals surface area contributed by atoms with Crippen molar-refractivity contribution in [1.29, 1.82) is 0 Å². The Bertz CT molecular complexity index is 946. The van der Waals surface area contributed by atoms with Crippen LogP contribution in [0.25, 0.3) is 0 Å². The van der Waals surface area contributed by atoms with E-state index in [2.05, 4.69) is 13.2 Å². The summed E-state index contributed by atoms with van der Waals surface area (Å²) >= 11 is 0. The standard InChI is InChI=1S/C21H32N4O7/c1-15(2)17(26)31-13-11-24-19(28)23(10-8-6-5-7-9-22)20(29)25(21(24)30)12-14-32-18(27)16(3)4/h1,3,5-14,22H2,2,4H3. The van der Waals surface area contributed by atoms with Crippen LogP contribution in [-0.2, 0) is 38.7 Å². The predicted octanol–water partition coefficient (Wildman–Crippen LogP) is -0.0706. The highest BCUT2D eigenvalue weighted by Gasteiger charge is 2.16. The molecule has 178 valence electrons. The molecule has 32 heavy (non-hydrogen) atoms. The zero-order chi connectivity index (χ0) is 24.3. The number of esters is 2. The van der Waals surface area contributed by atoms with Gasteiger partial charge in [-0.25, -0.2) is 37.7 Å². The molecule has 0 radical (unpaired) electrons. The molecule has 0 spiro atoms. The number of unbranched alkanes of at least 4 members (excludes halogenated alkanes) is 3. The van der Waals surface area contributed by atoms with E-state index >= 15 is 0 Å². The average Bonchev–Trinajstić information content (AvgIpc) is 2.74. The Morgan fingerprint density at radius 2 is 1.09 bits per heavy atom. The molecular formula is C21H32N4O7. The Morgan fingerprint density at radius 3 is 1.47 bits per heavy atom. The van der Waals surface area contributed by atoms with Crippen molar-refractivity contribution in [1.82, 2.24) is 13.7 Å². The summed E-state index contributed by atoms with van der Waals surface area (Å²) in [4.78, 5) is 61.5. The van der Waals surface area contributed by atoms with Crippen molar-refractivity contribution in [2.45, 2.75) is 59.2 Å². The summed E-state index contributed by atoms with van der Waals surface area (Å²) in [6.07, 6.45) is 2.99. The third kappa shape index (κ3) is 7.80. The van der Waals surface area contributed by atoms with E-state index in [1.807, 2.05) is 0 Å². The zero-order valence-electron chi connectivity index (χ0n) is 18.8. The molecule has 0 aliphatic heterocycles. The van der Waals surface area contributed by atoms with Crippen LogP contribution in [-0.4, -0.2) is 45.4 Å². The second-order valence-electron chi connectivity index (χ2n) is 7.34. The van der Waals surface area contributed by atoms with Gasteiger partial charge in [0.25, 0.3) is 0 Å². The van der Waals surface area contributed by atoms with E-state index in [1.54, 1.807) is 0 Å². The first-order valence-corrected chi connectivity index (χ1v) is 10.4. The monoisotopic (exact) mass is 452 g/mol. The Kier molecular flexibility index (Phi) is 11.1. The van der Waals surface area contributed by atoms with Gasteiger partial charge >= 0.3 is 29.0 Å². The number of ether oxygens (including phenoxy) is 2. The van der Waals surface area contributed by atoms with Gasteiger partial charge in [0.15, 0.2) is 0 Å². The van der Waals surface area contributed by atoms with E-state index in [-0.39, 0.29) is 44.0 Å². The highest BCUT2D eigenvalue weighted by atomic mass is 16.5. The second kappa shape index (κ2) is 13.3. The SMILES string of the molecule is C=C(C)C(=O)OCCn1c(=O)n(CCCCCCN)c(=O)n(CCOC(=O)C(=C)C)c1=O. The molecule has 1 aromatic rings. The fourth-order valence-electron chi connectivity index (χ4n) is 2.73. The van der Waals surface area contributed by atoms with Crippen molar-refractivity contribution in [3.05, 3.63) is 55.8 Å². The van der Waals surface area contributed by atoms with Gasteiger partial charge < -0.3 is 15.2 Å². The smallest absolute Gasteiger partial charge is 0.336 e. The van der Waals surface area contributed by atoms with Crippen LogP contribution in [0, 0.1) is 0 Å². The molecule has 0 amide bonds. The number of nitrogens with two attached hydrogens (primary N) is 1. The fourth-order valence-corrected chi connectivity index (χ4v) is 2.73. The van der Waals surface area contributed by atoms with Crippen LogP contribution in [0.1, 0.15) is 39.5 Å². The maximum absolute atomic E-state index is 12.8. The van der Waals surface area contributed by atoms with E-state index < -0.39 is 29.0 Å². The van der Waals surface area contributed by atoms with E-state index in [9.17, 15) is 24.0 Å². The number of rotatable bonds is 14. The molecule has 0 aromatic carbocycles. The maximum Gasteiger partial charge on any atom is 0.336 e. The van der Waals surface area contributed by atoms with Crippen LogP contribution in [0.4, 0.5) is 0 Å². The molecular weight excluding hydrogens is 420 g/mol. The number of hydrogen-bond acceptors (Lipinski definition) is 8. The molecule has 1 rings (SSSR count). The van der Waals surface area contributed by atoms with Gasteiger partial charge in [0.05, 0.1) is 13.1 Å². The molecule has 0 fully saturated rings. The molecule has 0 unspecified atom stereocenters. The topological polar surface area (TPSA) is 145 Å². The van der Waals surface area contributed by atoms with Gasteiger partial charge in [0, 0.05) is 17.7 Å². The summed E-state index contributed by atoms with van der Waals surface area (Å²) in [7, 11) is 0. The van der Waals surface area contributed by atoms with Crippen LogP contribution < -0.4 is 22.8 Å². The average molecular weight is 453 g/mol. The third-order valence-corrected chi connectivity index (χ3v) is 4.51. The number of aromatic nitrogens is 3. The third-order valence-electron chi connectivity index (χ3n) is 4.51. The highest BCUT2D eigenvalue weighted by molar-refractivity contribution is 5.87. The molecule has 0 atom stereocenters. The Morgan fingerprint density at radius 1 is 0.719 bits per heavy atom. The molecule has 0 aliphatic carbocycles. The van der Waals surface area contributed by atoms with Crippen LogP contribution >= 0.6 is 0 Å². The Labute approximate surface area is 185 Å². The lowest BCUT2D eigenvalue weighted by molar-refractivity contribution is -0.140. The van der Waals surface area contributed by atoms with E-state index in [4.69, 9.17) is 15.2 Å². The van der Waals surface area contributed by atoms with Crippen molar-refractivity contribution in [2.24, 2.45) is 5.73 Å². The van der Waals surface area contributed by atoms with E-state index in [1.165, 1.54) is 13.8 Å². The molecule has 11 heteroatoms. The number of nitrogens with zero attached hydrogens (tertiary/aromatic N) is 3. The van der Waals surface area contributed by atoms with Crippen molar-refractivity contribution in [3.63, 3.8) is 0 Å². The molecule has 0 bridgehead atoms. The lowest BCUT2D eigenvalue weighted by Crippen LogP contribution is -2.55. The molecule has 0 saturated carbocycles. The minimum atomic E-state index is -0.878. The summed E-state index contributed by atoms with van der Waals surface area (Å²) in [5.41, 5.74) is 3.36. The van der Waals surface area contributed by atoms with Gasteiger partial charge in [0.2, 0.25) is 0 Å². The normalized spacial score (nSPS) is 10.6. The van der Waals surface area contributed by atoms with Crippen LogP contribution in [0.15, 0.2) is 38.7 Å². The summed E-state index contributed by atoms with van der Waals surface area (Å²) in [6.45, 7) is 9.55. The van der Waals surface area contributed by atoms with Gasteiger partial charge in [-0.15, -0.1) is 0 Å². The fraction of sp³-hybridized carbons (Fsp3) is 0.571. The first-order valence-electron chi connectivity index (χ1n) is 10.4. The van der Waals surface area contributed by atoms with Gasteiger partial charge in [-0.3, -0.25) is 0 Å². The first kappa shape index (κ1) is 26.8. The van der Waals surface area contributed by atoms with Crippen LogP contribution in [0.3, 0.4) is 0 Å². The van der Waals surface area contributed by atoms with Crippen molar-refractivity contribution in [2.75, 3.05) is 19.8 Å². The lowest BCUT2D eigenvalue weighted by Gasteiger charge is -2.14. The highest BCUT2D eigenvalue weighted by Crippen LogP contribution is 1.99. The van der Waals surface area contributed by atoms with Gasteiger partial charge in [-0.2, -0.15) is 0 Å². The minimum absolute atomic E-state index is 0.111. The van der Waals surface area contributed by atoms with Crippen molar-refractivity contribution < 1.29 is 19.1 Å². The molecule has 0 saturated heterocycles. The number of carbonyl (C=O) groups is 2. The molecule has 1 aromatic heterocycles. The summed E-state index contributed by atoms with van der Waals surface area (Å²) in [6, 6.07) is 0. The second-order valence-corrected chi connectivity index (χ2v) is 7.34. The quantitative estimate of drug-likeness (QED) is 0.235. The van der Waals surface area contributed by atoms with Crippen LogP contribution in [0.2, 0.25) is 0 Å². The predicted molar refractivity (Wildman–Crippen MR) is 118 cm³/mol. The Hall–Kier alpha value is -3.21. The first-order chi connectivity index (χ1) is 15.1. The van der Waals surface area contributed by atoms with Gasteiger partial charge in [0.1, 0.15) is 13.2 Å². The summed E-state index contributed by atoms with van der Waals surface area (Å²) in [5.74, 6) is -1.31. The van der Waals surface area contributed by atoms with Crippen LogP contribution in [0.5, 0.6) is 0 Å². The largest absolute Gasteiger partial charge is 0.460 e.